The van der Waals surface area contributed by atoms with E-state index >= 15 is 0 Å². The fourth-order valence-electron chi connectivity index (χ4n) is 1.67. The fourth-order valence-corrected chi connectivity index (χ4v) is 3.90. The lowest BCUT2D eigenvalue weighted by atomic mass is 10.3. The molecule has 2 aromatic rings. The number of amides is 1. The molecule has 0 saturated heterocycles. The van der Waals surface area contributed by atoms with Crippen molar-refractivity contribution in [3.63, 3.8) is 0 Å². The molecule has 0 aliphatic rings. The summed E-state index contributed by atoms with van der Waals surface area (Å²) in [5, 5.41) is 3.93. The number of nitrogens with one attached hydrogen (secondary N) is 3. The zero-order valence-corrected chi connectivity index (χ0v) is 12.4. The lowest BCUT2D eigenvalue weighted by Crippen LogP contribution is -2.43. The van der Waals surface area contributed by atoms with Crippen LogP contribution in [-0.4, -0.2) is 36.8 Å². The molecule has 1 unspecified atom stereocenters. The number of anilines is 1. The van der Waals surface area contributed by atoms with Gasteiger partial charge in [0.25, 0.3) is 10.0 Å². The molecule has 2 heterocycles. The quantitative estimate of drug-likeness (QED) is 0.417. The Bertz CT molecular complexity index is 734. The Balaban J connectivity index is 2.45. The van der Waals surface area contributed by atoms with Gasteiger partial charge in [-0.25, -0.2) is 14.3 Å². The molecule has 5 N–H and O–H groups in total. The van der Waals surface area contributed by atoms with Gasteiger partial charge in [-0.1, -0.05) is 0 Å². The number of hydrazine groups is 1. The number of carbonyl (C=O) groups excluding carboxylic acids is 1. The standard InChI is InChI=1S/C9H14N6O3S2/c1-5(7(16)11-2)14-20(17,18)8-6(13-10)12-9-15(8)3-4-19-9/h3-5,13-14H,10H2,1-2H3,(H,11,16). The molecular formula is C9H14N6O3S2. The summed E-state index contributed by atoms with van der Waals surface area (Å²) in [7, 11) is -2.53. The minimum Gasteiger partial charge on any atom is -0.358 e. The summed E-state index contributed by atoms with van der Waals surface area (Å²) in [5.74, 6) is 4.87. The van der Waals surface area contributed by atoms with Gasteiger partial charge in [-0.2, -0.15) is 9.71 Å². The molecule has 0 spiro atoms. The smallest absolute Gasteiger partial charge is 0.261 e. The highest BCUT2D eigenvalue weighted by atomic mass is 32.2. The second kappa shape index (κ2) is 5.36. The van der Waals surface area contributed by atoms with Gasteiger partial charge in [0.1, 0.15) is 0 Å². The first-order valence-corrected chi connectivity index (χ1v) is 7.93. The van der Waals surface area contributed by atoms with Gasteiger partial charge in [-0.3, -0.25) is 9.20 Å². The van der Waals surface area contributed by atoms with Crippen LogP contribution in [0.3, 0.4) is 0 Å². The number of likely N-dealkylation sites (N-methyl/N-ethyl adjacent to an activating group) is 1. The minimum atomic E-state index is -3.96. The molecule has 0 aliphatic carbocycles. The molecule has 0 aliphatic heterocycles. The van der Waals surface area contributed by atoms with Crippen molar-refractivity contribution >= 4 is 38.0 Å². The molecule has 9 nitrogen and oxygen atoms in total. The lowest BCUT2D eigenvalue weighted by Gasteiger charge is -2.13. The van der Waals surface area contributed by atoms with Gasteiger partial charge in [-0.15, -0.1) is 11.3 Å². The van der Waals surface area contributed by atoms with Crippen molar-refractivity contribution in [3.05, 3.63) is 11.6 Å². The summed E-state index contributed by atoms with van der Waals surface area (Å²) in [5.41, 5.74) is 2.25. The summed E-state index contributed by atoms with van der Waals surface area (Å²) in [6.45, 7) is 1.44. The van der Waals surface area contributed by atoms with Gasteiger partial charge in [-0.05, 0) is 6.92 Å². The molecular weight excluding hydrogens is 304 g/mol. The van der Waals surface area contributed by atoms with Crippen molar-refractivity contribution < 1.29 is 13.2 Å². The third-order valence-electron chi connectivity index (χ3n) is 2.58. The number of thiazole rings is 1. The predicted octanol–water partition coefficient (Wildman–Crippen LogP) is -0.906. The van der Waals surface area contributed by atoms with Crippen LogP contribution < -0.4 is 21.3 Å². The Morgan fingerprint density at radius 1 is 1.55 bits per heavy atom. The molecule has 11 heteroatoms. The molecule has 1 amide bonds. The Labute approximate surface area is 119 Å². The van der Waals surface area contributed by atoms with Crippen LogP contribution in [0.2, 0.25) is 0 Å². The largest absolute Gasteiger partial charge is 0.358 e. The first kappa shape index (κ1) is 14.7. The van der Waals surface area contributed by atoms with Gasteiger partial charge in [0.2, 0.25) is 10.9 Å². The molecule has 0 bridgehead atoms. The van der Waals surface area contributed by atoms with Crippen LogP contribution in [0.15, 0.2) is 16.6 Å². The zero-order valence-electron chi connectivity index (χ0n) is 10.7. The second-order valence-electron chi connectivity index (χ2n) is 3.92. The Morgan fingerprint density at radius 2 is 2.25 bits per heavy atom. The number of rotatable bonds is 5. The average Bonchev–Trinajstić information content (AvgIpc) is 2.95. The number of nitrogens with two attached hydrogens (primary N) is 1. The summed E-state index contributed by atoms with van der Waals surface area (Å²) < 4.78 is 28.4. The Kier molecular flexibility index (Phi) is 3.94. The van der Waals surface area contributed by atoms with Crippen molar-refractivity contribution in [3.8, 4) is 0 Å². The third kappa shape index (κ3) is 2.47. The number of nitrogens with zero attached hydrogens (tertiary/aromatic N) is 2. The molecule has 110 valence electrons. The van der Waals surface area contributed by atoms with Crippen molar-refractivity contribution in [2.24, 2.45) is 5.84 Å². The van der Waals surface area contributed by atoms with Gasteiger partial charge >= 0.3 is 0 Å². The monoisotopic (exact) mass is 318 g/mol. The van der Waals surface area contributed by atoms with E-state index in [4.69, 9.17) is 5.84 Å². The first-order chi connectivity index (χ1) is 9.40. The van der Waals surface area contributed by atoms with E-state index in [9.17, 15) is 13.2 Å². The molecule has 2 rings (SSSR count). The van der Waals surface area contributed by atoms with E-state index in [-0.39, 0.29) is 10.8 Å². The van der Waals surface area contributed by atoms with E-state index in [2.05, 4.69) is 20.4 Å². The maximum Gasteiger partial charge on any atom is 0.261 e. The molecule has 0 aromatic carbocycles. The predicted molar refractivity (Wildman–Crippen MR) is 74.7 cm³/mol. The van der Waals surface area contributed by atoms with Crippen LogP contribution in [0.4, 0.5) is 5.82 Å². The number of sulfonamides is 1. The number of carbonyl (C=O) groups is 1. The number of aromatic nitrogens is 2. The molecule has 0 radical (unpaired) electrons. The van der Waals surface area contributed by atoms with Crippen LogP contribution >= 0.6 is 11.3 Å². The number of fused-ring (bicyclic) bond motifs is 1. The van der Waals surface area contributed by atoms with Crippen LogP contribution in [-0.2, 0) is 14.8 Å². The number of hydrogen-bond donors (Lipinski definition) is 4. The second-order valence-corrected chi connectivity index (χ2v) is 6.42. The maximum absolute atomic E-state index is 12.4. The summed E-state index contributed by atoms with van der Waals surface area (Å²) in [4.78, 5) is 16.0. The third-order valence-corrected chi connectivity index (χ3v) is 4.90. The topological polar surface area (TPSA) is 131 Å². The van der Waals surface area contributed by atoms with Gasteiger partial charge in [0, 0.05) is 18.6 Å². The normalized spacial score (nSPS) is 13.3. The summed E-state index contributed by atoms with van der Waals surface area (Å²) >= 11 is 1.27. The van der Waals surface area contributed by atoms with Gasteiger partial charge in [0.05, 0.1) is 6.04 Å². The van der Waals surface area contributed by atoms with Crippen molar-refractivity contribution in [2.75, 3.05) is 12.5 Å². The van der Waals surface area contributed by atoms with E-state index in [1.54, 1.807) is 11.6 Å². The number of nitrogen functional groups attached to an aromatic ring is 1. The van der Waals surface area contributed by atoms with Crippen molar-refractivity contribution in [1.82, 2.24) is 19.4 Å². The highest BCUT2D eigenvalue weighted by Gasteiger charge is 2.28. The van der Waals surface area contributed by atoms with Crippen LogP contribution in [0, 0.1) is 0 Å². The van der Waals surface area contributed by atoms with Crippen LogP contribution in [0.1, 0.15) is 6.92 Å². The van der Waals surface area contributed by atoms with Crippen molar-refractivity contribution in [1.29, 1.82) is 0 Å². The van der Waals surface area contributed by atoms with Crippen molar-refractivity contribution in [2.45, 2.75) is 18.0 Å². The summed E-state index contributed by atoms with van der Waals surface area (Å²) in [6.07, 6.45) is 1.56. The van der Waals surface area contributed by atoms with E-state index in [1.165, 1.54) is 29.7 Å². The number of hydrogen-bond acceptors (Lipinski definition) is 7. The Morgan fingerprint density at radius 3 is 2.85 bits per heavy atom. The molecule has 1 atom stereocenters. The molecule has 0 saturated carbocycles. The van der Waals surface area contributed by atoms with E-state index < -0.39 is 22.0 Å². The Hall–Kier alpha value is -1.69. The molecule has 20 heavy (non-hydrogen) atoms. The highest BCUT2D eigenvalue weighted by Crippen LogP contribution is 2.24. The highest BCUT2D eigenvalue weighted by molar-refractivity contribution is 7.89. The number of imidazole rings is 1. The van der Waals surface area contributed by atoms with E-state index in [1.807, 2.05) is 0 Å². The molecule has 0 fully saturated rings. The summed E-state index contributed by atoms with van der Waals surface area (Å²) in [6, 6.07) is -0.917. The van der Waals surface area contributed by atoms with E-state index in [0.717, 1.165) is 0 Å². The SMILES string of the molecule is CNC(=O)C(C)NS(=O)(=O)c1c(NN)nc2sccn12. The van der Waals surface area contributed by atoms with Gasteiger partial charge in [0.15, 0.2) is 10.8 Å². The zero-order chi connectivity index (χ0) is 14.9. The maximum atomic E-state index is 12.4. The van der Waals surface area contributed by atoms with Crippen LogP contribution in [0.5, 0.6) is 0 Å². The lowest BCUT2D eigenvalue weighted by molar-refractivity contribution is -0.121. The first-order valence-electron chi connectivity index (χ1n) is 5.56. The van der Waals surface area contributed by atoms with Gasteiger partial charge < -0.3 is 10.7 Å². The van der Waals surface area contributed by atoms with Crippen LogP contribution in [0.25, 0.3) is 4.96 Å². The van der Waals surface area contributed by atoms with E-state index in [0.29, 0.717) is 4.96 Å². The fraction of sp³-hybridized carbons (Fsp3) is 0.333. The molecule has 2 aromatic heterocycles. The minimum absolute atomic E-state index is 0.0217. The average molecular weight is 318 g/mol.